The van der Waals surface area contributed by atoms with E-state index in [1.54, 1.807) is 12.1 Å². The molecule has 1 aliphatic heterocycles. The smallest absolute Gasteiger partial charge is 0.274 e. The number of likely N-dealkylation sites (tertiary alicyclic amines) is 1. The fraction of sp³-hybridized carbons (Fsp3) is 0.565. The van der Waals surface area contributed by atoms with E-state index in [0.717, 1.165) is 62.9 Å². The Balaban J connectivity index is 1.50. The predicted molar refractivity (Wildman–Crippen MR) is 111 cm³/mol. The summed E-state index contributed by atoms with van der Waals surface area (Å²) in [7, 11) is 0. The van der Waals surface area contributed by atoms with Gasteiger partial charge >= 0.3 is 0 Å². The van der Waals surface area contributed by atoms with Crippen LogP contribution in [0.3, 0.4) is 0 Å². The van der Waals surface area contributed by atoms with E-state index in [2.05, 4.69) is 12.2 Å². The Hall–Kier alpha value is -2.21. The summed E-state index contributed by atoms with van der Waals surface area (Å²) in [6.45, 7) is 5.19. The molecule has 1 amide bonds. The highest BCUT2D eigenvalue weighted by Crippen LogP contribution is 2.27. The van der Waals surface area contributed by atoms with Crippen LogP contribution in [0.4, 0.5) is 4.39 Å². The highest BCUT2D eigenvalue weighted by molar-refractivity contribution is 5.94. The van der Waals surface area contributed by atoms with Crippen molar-refractivity contribution >= 4 is 5.91 Å². The van der Waals surface area contributed by atoms with Gasteiger partial charge < -0.3 is 10.2 Å². The van der Waals surface area contributed by atoms with Gasteiger partial charge in [0.25, 0.3) is 5.91 Å². The summed E-state index contributed by atoms with van der Waals surface area (Å²) in [5.74, 6) is -0.106. The number of amides is 1. The van der Waals surface area contributed by atoms with Crippen molar-refractivity contribution in [2.75, 3.05) is 13.1 Å². The van der Waals surface area contributed by atoms with E-state index >= 15 is 0 Å². The molecule has 2 aliphatic rings. The van der Waals surface area contributed by atoms with Crippen LogP contribution >= 0.6 is 0 Å². The van der Waals surface area contributed by atoms with Gasteiger partial charge in [-0.1, -0.05) is 25.0 Å². The minimum Gasteiger partial charge on any atom is -0.337 e. The van der Waals surface area contributed by atoms with Crippen molar-refractivity contribution in [3.63, 3.8) is 0 Å². The predicted octanol–water partition coefficient (Wildman–Crippen LogP) is 3.71. The van der Waals surface area contributed by atoms with Crippen LogP contribution in [0.15, 0.2) is 24.3 Å². The van der Waals surface area contributed by atoms with Crippen LogP contribution in [0, 0.1) is 5.82 Å². The van der Waals surface area contributed by atoms with Crippen LogP contribution in [0.25, 0.3) is 0 Å². The number of nitrogens with zero attached hydrogens (tertiary/aromatic N) is 3. The van der Waals surface area contributed by atoms with Crippen LogP contribution in [0.1, 0.15) is 66.3 Å². The Kier molecular flexibility index (Phi) is 6.28. The first-order chi connectivity index (χ1) is 14.2. The van der Waals surface area contributed by atoms with Crippen LogP contribution in [-0.4, -0.2) is 39.7 Å². The van der Waals surface area contributed by atoms with Crippen LogP contribution < -0.4 is 5.32 Å². The summed E-state index contributed by atoms with van der Waals surface area (Å²) >= 11 is 0. The normalized spacial score (nSPS) is 19.7. The molecule has 1 aliphatic carbocycles. The molecule has 0 saturated carbocycles. The number of benzene rings is 1. The van der Waals surface area contributed by atoms with Crippen molar-refractivity contribution in [3.8, 4) is 0 Å². The average Bonchev–Trinajstić information content (AvgIpc) is 2.89. The number of hydrogen-bond donors (Lipinski definition) is 1. The number of hydrogen-bond acceptors (Lipinski definition) is 3. The minimum absolute atomic E-state index is 0.0983. The SMILES string of the molecule is CCn1nc(C(=O)N2CCCCCC2)c2c1CC[C@@H](NCc1cccc(F)c1)C2. The van der Waals surface area contributed by atoms with Gasteiger partial charge in [-0.05, 0) is 56.7 Å². The molecular weight excluding hydrogens is 367 g/mol. The van der Waals surface area contributed by atoms with E-state index in [0.29, 0.717) is 12.2 Å². The minimum atomic E-state index is -0.204. The number of carbonyl (C=O) groups excluding carboxylic acids is 1. The van der Waals surface area contributed by atoms with Gasteiger partial charge in [-0.2, -0.15) is 5.10 Å². The van der Waals surface area contributed by atoms with Crippen LogP contribution in [-0.2, 0) is 25.9 Å². The fourth-order valence-corrected chi connectivity index (χ4v) is 4.63. The second-order valence-corrected chi connectivity index (χ2v) is 8.25. The number of nitrogens with one attached hydrogen (secondary N) is 1. The lowest BCUT2D eigenvalue weighted by atomic mass is 9.91. The van der Waals surface area contributed by atoms with Crippen molar-refractivity contribution < 1.29 is 9.18 Å². The van der Waals surface area contributed by atoms with Crippen molar-refractivity contribution in [3.05, 3.63) is 52.6 Å². The summed E-state index contributed by atoms with van der Waals surface area (Å²) in [5, 5.41) is 8.29. The zero-order valence-corrected chi connectivity index (χ0v) is 17.3. The first-order valence-electron chi connectivity index (χ1n) is 11.0. The van der Waals surface area contributed by atoms with Crippen molar-refractivity contribution in [1.82, 2.24) is 20.0 Å². The van der Waals surface area contributed by atoms with Gasteiger partial charge in [0, 0.05) is 43.5 Å². The van der Waals surface area contributed by atoms with Gasteiger partial charge in [0.15, 0.2) is 5.69 Å². The lowest BCUT2D eigenvalue weighted by Gasteiger charge is -2.25. The summed E-state index contributed by atoms with van der Waals surface area (Å²) in [5.41, 5.74) is 3.93. The number of aromatic nitrogens is 2. The molecule has 2 aromatic rings. The third kappa shape index (κ3) is 4.53. The monoisotopic (exact) mass is 398 g/mol. The molecule has 5 nitrogen and oxygen atoms in total. The maximum absolute atomic E-state index is 13.4. The molecule has 156 valence electrons. The lowest BCUT2D eigenvalue weighted by Crippen LogP contribution is -2.36. The molecule has 1 N–H and O–H groups in total. The van der Waals surface area contributed by atoms with Crippen molar-refractivity contribution in [2.45, 2.75) is 71.0 Å². The number of carbonyl (C=O) groups is 1. The molecular formula is C23H31FN4O. The second-order valence-electron chi connectivity index (χ2n) is 8.25. The maximum Gasteiger partial charge on any atom is 0.274 e. The second kappa shape index (κ2) is 9.08. The van der Waals surface area contributed by atoms with E-state index in [4.69, 9.17) is 5.10 Å². The van der Waals surface area contributed by atoms with E-state index < -0.39 is 0 Å². The zero-order chi connectivity index (χ0) is 20.2. The molecule has 6 heteroatoms. The number of fused-ring (bicyclic) bond motifs is 1. The van der Waals surface area contributed by atoms with Gasteiger partial charge in [-0.3, -0.25) is 9.48 Å². The maximum atomic E-state index is 13.4. The molecule has 1 atom stereocenters. The van der Waals surface area contributed by atoms with Crippen molar-refractivity contribution in [1.29, 1.82) is 0 Å². The molecule has 4 rings (SSSR count). The van der Waals surface area contributed by atoms with Crippen LogP contribution in [0.5, 0.6) is 0 Å². The Morgan fingerprint density at radius 1 is 1.24 bits per heavy atom. The molecule has 0 bridgehead atoms. The fourth-order valence-electron chi connectivity index (χ4n) is 4.63. The molecule has 0 unspecified atom stereocenters. The molecule has 1 aromatic carbocycles. The van der Waals surface area contributed by atoms with Gasteiger partial charge in [0.1, 0.15) is 5.82 Å². The molecule has 1 aromatic heterocycles. The first-order valence-corrected chi connectivity index (χ1v) is 11.0. The lowest BCUT2D eigenvalue weighted by molar-refractivity contribution is 0.0753. The Morgan fingerprint density at radius 2 is 2.03 bits per heavy atom. The molecule has 0 spiro atoms. The Bertz CT molecular complexity index is 855. The highest BCUT2D eigenvalue weighted by Gasteiger charge is 2.31. The largest absolute Gasteiger partial charge is 0.337 e. The molecule has 29 heavy (non-hydrogen) atoms. The third-order valence-corrected chi connectivity index (χ3v) is 6.23. The third-order valence-electron chi connectivity index (χ3n) is 6.23. The zero-order valence-electron chi connectivity index (χ0n) is 17.3. The summed E-state index contributed by atoms with van der Waals surface area (Å²) < 4.78 is 15.5. The summed E-state index contributed by atoms with van der Waals surface area (Å²) in [4.78, 5) is 15.3. The van der Waals surface area contributed by atoms with Gasteiger partial charge in [0.05, 0.1) is 0 Å². The average molecular weight is 399 g/mol. The summed E-state index contributed by atoms with van der Waals surface area (Å²) in [6, 6.07) is 7.00. The van der Waals surface area contributed by atoms with Gasteiger partial charge in [-0.25, -0.2) is 4.39 Å². The number of aryl methyl sites for hydroxylation is 1. The van der Waals surface area contributed by atoms with E-state index in [1.807, 2.05) is 15.6 Å². The standard InChI is InChI=1S/C23H31FN4O/c1-2-28-21-11-10-19(25-16-17-8-7-9-18(24)14-17)15-20(21)22(26-28)23(29)27-12-5-3-4-6-13-27/h7-9,14,19,25H,2-6,10-13,15-16H2,1H3/t19-/m1/s1. The van der Waals surface area contributed by atoms with Gasteiger partial charge in [0.2, 0.25) is 0 Å². The Labute approximate surface area is 172 Å². The first kappa shape index (κ1) is 20.1. The highest BCUT2D eigenvalue weighted by atomic mass is 19.1. The van der Waals surface area contributed by atoms with Crippen molar-refractivity contribution in [2.24, 2.45) is 0 Å². The number of rotatable bonds is 5. The summed E-state index contributed by atoms with van der Waals surface area (Å²) in [6.07, 6.45) is 7.31. The van der Waals surface area contributed by atoms with E-state index in [-0.39, 0.29) is 17.8 Å². The topological polar surface area (TPSA) is 50.2 Å². The Morgan fingerprint density at radius 3 is 2.76 bits per heavy atom. The quantitative estimate of drug-likeness (QED) is 0.835. The van der Waals surface area contributed by atoms with Crippen LogP contribution in [0.2, 0.25) is 0 Å². The van der Waals surface area contributed by atoms with E-state index in [1.165, 1.54) is 24.6 Å². The van der Waals surface area contributed by atoms with E-state index in [9.17, 15) is 9.18 Å². The van der Waals surface area contributed by atoms with Gasteiger partial charge in [-0.15, -0.1) is 0 Å². The molecule has 2 heterocycles. The molecule has 1 saturated heterocycles. The number of halogens is 1. The molecule has 1 fully saturated rings. The molecule has 0 radical (unpaired) electrons.